The van der Waals surface area contributed by atoms with Crippen molar-refractivity contribution in [3.63, 3.8) is 0 Å². The lowest BCUT2D eigenvalue weighted by molar-refractivity contribution is -0.135. The predicted octanol–water partition coefficient (Wildman–Crippen LogP) is 2.82. The van der Waals surface area contributed by atoms with Crippen LogP contribution in [-0.4, -0.2) is 47.4 Å². The second kappa shape index (κ2) is 8.82. The first-order valence-electron chi connectivity index (χ1n) is 9.83. The van der Waals surface area contributed by atoms with Gasteiger partial charge in [-0.25, -0.2) is 4.79 Å². The number of benzene rings is 1. The topological polar surface area (TPSA) is 90.5 Å². The molecule has 0 spiro atoms. The smallest absolute Gasteiger partial charge is 0.318 e. The molecule has 4 amide bonds. The summed E-state index contributed by atoms with van der Waals surface area (Å²) in [5, 5.41) is 9.15. The number of piperazine rings is 1. The summed E-state index contributed by atoms with van der Waals surface area (Å²) in [5.74, 6) is -0.602. The standard InChI is InChI=1S/C20H27ClN4O3/c1-3-22-20(28)25-16-7-5-4-6-15(16)24-19(27)17(25)11-18(26)23-13-9-8-12(2)14(21)10-13/h8-10,15-17H,3-7,11H2,1-2H3,(H,22,28)(H,23,26)(H,24,27)/t15-,16+,17+/m0/s1. The first-order chi connectivity index (χ1) is 13.4. The van der Waals surface area contributed by atoms with E-state index in [1.165, 1.54) is 0 Å². The number of urea groups is 1. The molecule has 0 radical (unpaired) electrons. The van der Waals surface area contributed by atoms with Gasteiger partial charge in [-0.3, -0.25) is 9.59 Å². The van der Waals surface area contributed by atoms with Crippen LogP contribution >= 0.6 is 11.6 Å². The van der Waals surface area contributed by atoms with Crippen molar-refractivity contribution in [1.29, 1.82) is 0 Å². The largest absolute Gasteiger partial charge is 0.349 e. The molecule has 2 fully saturated rings. The van der Waals surface area contributed by atoms with Crippen LogP contribution in [-0.2, 0) is 9.59 Å². The Balaban J connectivity index is 1.76. The Hall–Kier alpha value is -2.28. The lowest BCUT2D eigenvalue weighted by Crippen LogP contribution is -2.69. The molecule has 28 heavy (non-hydrogen) atoms. The van der Waals surface area contributed by atoms with Gasteiger partial charge in [0.15, 0.2) is 0 Å². The van der Waals surface area contributed by atoms with E-state index in [4.69, 9.17) is 11.6 Å². The third-order valence-electron chi connectivity index (χ3n) is 5.45. The number of hydrogen-bond donors (Lipinski definition) is 3. The van der Waals surface area contributed by atoms with E-state index < -0.39 is 6.04 Å². The fourth-order valence-electron chi connectivity index (χ4n) is 4.03. The number of nitrogens with one attached hydrogen (secondary N) is 3. The van der Waals surface area contributed by atoms with Crippen molar-refractivity contribution >= 4 is 35.1 Å². The lowest BCUT2D eigenvalue weighted by Gasteiger charge is -2.47. The van der Waals surface area contributed by atoms with Crippen LogP contribution in [0.15, 0.2) is 18.2 Å². The Morgan fingerprint density at radius 3 is 2.75 bits per heavy atom. The van der Waals surface area contributed by atoms with Gasteiger partial charge in [0.25, 0.3) is 0 Å². The van der Waals surface area contributed by atoms with Crippen molar-refractivity contribution in [2.45, 2.75) is 64.1 Å². The van der Waals surface area contributed by atoms with Crippen molar-refractivity contribution in [3.8, 4) is 0 Å². The van der Waals surface area contributed by atoms with Crippen LogP contribution in [0.2, 0.25) is 5.02 Å². The number of halogens is 1. The summed E-state index contributed by atoms with van der Waals surface area (Å²) in [5.41, 5.74) is 1.48. The normalized spacial score (nSPS) is 24.2. The van der Waals surface area contributed by atoms with Gasteiger partial charge in [-0.2, -0.15) is 0 Å². The number of amides is 4. The van der Waals surface area contributed by atoms with Crippen molar-refractivity contribution in [3.05, 3.63) is 28.8 Å². The number of hydrogen-bond acceptors (Lipinski definition) is 3. The van der Waals surface area contributed by atoms with E-state index >= 15 is 0 Å². The Labute approximate surface area is 170 Å². The zero-order valence-electron chi connectivity index (χ0n) is 16.3. The van der Waals surface area contributed by atoms with E-state index in [2.05, 4.69) is 16.0 Å². The molecule has 1 saturated carbocycles. The molecule has 0 bridgehead atoms. The zero-order valence-corrected chi connectivity index (χ0v) is 17.0. The highest BCUT2D eigenvalue weighted by molar-refractivity contribution is 6.31. The molecule has 8 heteroatoms. The van der Waals surface area contributed by atoms with Crippen molar-refractivity contribution in [2.75, 3.05) is 11.9 Å². The highest BCUT2D eigenvalue weighted by Gasteiger charge is 2.45. The van der Waals surface area contributed by atoms with Crippen molar-refractivity contribution in [1.82, 2.24) is 15.5 Å². The third kappa shape index (κ3) is 4.41. The molecule has 3 rings (SSSR count). The summed E-state index contributed by atoms with van der Waals surface area (Å²) in [6, 6.07) is 4.02. The van der Waals surface area contributed by atoms with E-state index in [1.54, 1.807) is 17.0 Å². The molecule has 1 aromatic carbocycles. The molecule has 1 saturated heterocycles. The number of fused-ring (bicyclic) bond motifs is 1. The Morgan fingerprint density at radius 1 is 1.29 bits per heavy atom. The van der Waals surface area contributed by atoms with Gasteiger partial charge in [0, 0.05) is 23.3 Å². The minimum atomic E-state index is -0.827. The molecule has 2 aliphatic rings. The molecule has 1 aliphatic heterocycles. The van der Waals surface area contributed by atoms with Crippen LogP contribution in [0.4, 0.5) is 10.5 Å². The molecule has 1 heterocycles. The average molecular weight is 407 g/mol. The zero-order chi connectivity index (χ0) is 20.3. The lowest BCUT2D eigenvalue weighted by atomic mass is 9.85. The van der Waals surface area contributed by atoms with E-state index in [-0.39, 0.29) is 36.3 Å². The average Bonchev–Trinajstić information content (AvgIpc) is 2.65. The van der Waals surface area contributed by atoms with Gasteiger partial charge in [-0.05, 0) is 44.4 Å². The van der Waals surface area contributed by atoms with Crippen LogP contribution in [0, 0.1) is 6.92 Å². The molecule has 3 atom stereocenters. The summed E-state index contributed by atoms with van der Waals surface area (Å²) in [4.78, 5) is 39.6. The minimum Gasteiger partial charge on any atom is -0.349 e. The SMILES string of the molecule is CCNC(=O)N1[C@H](CC(=O)Nc2ccc(C)c(Cl)c2)C(=O)N[C@H]2CCCC[C@H]21. The number of carbonyl (C=O) groups is 3. The minimum absolute atomic E-state index is 0.0425. The van der Waals surface area contributed by atoms with Gasteiger partial charge in [0.05, 0.1) is 12.5 Å². The van der Waals surface area contributed by atoms with Gasteiger partial charge >= 0.3 is 6.03 Å². The maximum atomic E-state index is 12.7. The van der Waals surface area contributed by atoms with Gasteiger partial charge in [-0.15, -0.1) is 0 Å². The molecular formula is C20H27ClN4O3. The Morgan fingerprint density at radius 2 is 2.04 bits per heavy atom. The van der Waals surface area contributed by atoms with Gasteiger partial charge in [0.1, 0.15) is 6.04 Å². The van der Waals surface area contributed by atoms with Crippen LogP contribution in [0.3, 0.4) is 0 Å². The van der Waals surface area contributed by atoms with E-state index in [9.17, 15) is 14.4 Å². The molecule has 0 unspecified atom stereocenters. The molecule has 1 aliphatic carbocycles. The molecule has 152 valence electrons. The third-order valence-corrected chi connectivity index (χ3v) is 5.86. The first kappa shape index (κ1) is 20.5. The van der Waals surface area contributed by atoms with Crippen LogP contribution < -0.4 is 16.0 Å². The van der Waals surface area contributed by atoms with Crippen LogP contribution in [0.25, 0.3) is 0 Å². The van der Waals surface area contributed by atoms with Gasteiger partial charge in [-0.1, -0.05) is 30.5 Å². The molecular weight excluding hydrogens is 380 g/mol. The summed E-state index contributed by atoms with van der Waals surface area (Å²) < 4.78 is 0. The fraction of sp³-hybridized carbons (Fsp3) is 0.550. The second-order valence-electron chi connectivity index (χ2n) is 7.44. The van der Waals surface area contributed by atoms with E-state index in [0.717, 1.165) is 31.2 Å². The maximum absolute atomic E-state index is 12.7. The summed E-state index contributed by atoms with van der Waals surface area (Å²) in [6.07, 6.45) is 3.62. The highest BCUT2D eigenvalue weighted by Crippen LogP contribution is 2.30. The first-order valence-corrected chi connectivity index (χ1v) is 10.2. The van der Waals surface area contributed by atoms with E-state index in [1.807, 2.05) is 19.9 Å². The monoisotopic (exact) mass is 406 g/mol. The van der Waals surface area contributed by atoms with Gasteiger partial charge < -0.3 is 20.9 Å². The van der Waals surface area contributed by atoms with Crippen molar-refractivity contribution < 1.29 is 14.4 Å². The maximum Gasteiger partial charge on any atom is 0.318 e. The number of rotatable bonds is 4. The van der Waals surface area contributed by atoms with Crippen LogP contribution in [0.1, 0.15) is 44.6 Å². The molecule has 7 nitrogen and oxygen atoms in total. The summed E-state index contributed by atoms with van der Waals surface area (Å²) >= 11 is 6.11. The molecule has 3 N–H and O–H groups in total. The fourth-order valence-corrected chi connectivity index (χ4v) is 4.21. The predicted molar refractivity (Wildman–Crippen MR) is 108 cm³/mol. The number of anilines is 1. The quantitative estimate of drug-likeness (QED) is 0.718. The van der Waals surface area contributed by atoms with E-state index in [0.29, 0.717) is 17.3 Å². The summed E-state index contributed by atoms with van der Waals surface area (Å²) in [7, 11) is 0. The number of carbonyl (C=O) groups excluding carboxylic acids is 3. The van der Waals surface area contributed by atoms with Crippen LogP contribution in [0.5, 0.6) is 0 Å². The Kier molecular flexibility index (Phi) is 6.44. The Bertz CT molecular complexity index is 770. The van der Waals surface area contributed by atoms with Gasteiger partial charge in [0.2, 0.25) is 11.8 Å². The summed E-state index contributed by atoms with van der Waals surface area (Å²) in [6.45, 7) is 4.18. The number of aryl methyl sites for hydroxylation is 1. The second-order valence-corrected chi connectivity index (χ2v) is 7.85. The number of nitrogens with zero attached hydrogens (tertiary/aromatic N) is 1. The van der Waals surface area contributed by atoms with Crippen molar-refractivity contribution in [2.24, 2.45) is 0 Å². The highest BCUT2D eigenvalue weighted by atomic mass is 35.5. The molecule has 0 aromatic heterocycles. The molecule has 1 aromatic rings.